The number of rotatable bonds is 3. The summed E-state index contributed by atoms with van der Waals surface area (Å²) in [4.78, 5) is -0.0554. The molecular formula is C11H13ClN2O4S2. The molecule has 0 bridgehead atoms. The van der Waals surface area contributed by atoms with Crippen molar-refractivity contribution in [1.29, 1.82) is 0 Å². The van der Waals surface area contributed by atoms with Gasteiger partial charge in [0.1, 0.15) is 0 Å². The molecule has 3 N–H and O–H groups in total. The number of hydrogen-bond donors (Lipinski definition) is 2. The molecule has 1 aromatic carbocycles. The van der Waals surface area contributed by atoms with Crippen molar-refractivity contribution in [2.75, 3.05) is 11.5 Å². The van der Waals surface area contributed by atoms with Gasteiger partial charge in [0.25, 0.3) is 0 Å². The fourth-order valence-corrected chi connectivity index (χ4v) is 4.99. The summed E-state index contributed by atoms with van der Waals surface area (Å²) in [5.41, 5.74) is 6.31. The van der Waals surface area contributed by atoms with E-state index in [-0.39, 0.29) is 21.4 Å². The number of nitrogens with one attached hydrogen (secondary N) is 1. The standard InChI is InChI=1S/C11H13ClN2O4S2/c1-7-10(13)4-8(12)5-11(7)20(17,18)14-9-2-3-19(15,16)6-9/h2-5,9,14H,6,13H2,1H3. The molecule has 9 heteroatoms. The minimum absolute atomic E-state index is 0.0554. The normalized spacial score (nSPS) is 21.2. The largest absolute Gasteiger partial charge is 0.398 e. The molecule has 0 saturated heterocycles. The van der Waals surface area contributed by atoms with E-state index in [1.807, 2.05) is 0 Å². The molecule has 1 aliphatic heterocycles. The highest BCUT2D eigenvalue weighted by atomic mass is 35.5. The van der Waals surface area contributed by atoms with Gasteiger partial charge < -0.3 is 5.73 Å². The van der Waals surface area contributed by atoms with E-state index in [1.165, 1.54) is 18.2 Å². The van der Waals surface area contributed by atoms with Crippen molar-refractivity contribution in [2.24, 2.45) is 0 Å². The third kappa shape index (κ3) is 3.14. The minimum Gasteiger partial charge on any atom is -0.398 e. The van der Waals surface area contributed by atoms with E-state index in [0.29, 0.717) is 5.56 Å². The van der Waals surface area contributed by atoms with Crippen LogP contribution < -0.4 is 10.5 Å². The van der Waals surface area contributed by atoms with Crippen LogP contribution in [0.2, 0.25) is 5.02 Å². The summed E-state index contributed by atoms with van der Waals surface area (Å²) in [6, 6.07) is 1.95. The lowest BCUT2D eigenvalue weighted by Gasteiger charge is -2.14. The summed E-state index contributed by atoms with van der Waals surface area (Å²) < 4.78 is 49.4. The first kappa shape index (κ1) is 15.3. The smallest absolute Gasteiger partial charge is 0.241 e. The number of benzene rings is 1. The minimum atomic E-state index is -3.90. The van der Waals surface area contributed by atoms with Crippen LogP contribution in [0.4, 0.5) is 5.69 Å². The summed E-state index contributed by atoms with van der Waals surface area (Å²) in [7, 11) is -7.23. The van der Waals surface area contributed by atoms with Gasteiger partial charge in [-0.15, -0.1) is 0 Å². The average molecular weight is 337 g/mol. The van der Waals surface area contributed by atoms with Gasteiger partial charge in [-0.25, -0.2) is 21.6 Å². The van der Waals surface area contributed by atoms with Gasteiger partial charge in [-0.2, -0.15) is 0 Å². The molecule has 0 spiro atoms. The third-order valence-electron chi connectivity index (χ3n) is 2.89. The van der Waals surface area contributed by atoms with Crippen LogP contribution >= 0.6 is 11.6 Å². The molecule has 1 atom stereocenters. The number of hydrogen-bond acceptors (Lipinski definition) is 5. The van der Waals surface area contributed by atoms with Gasteiger partial charge in [0.05, 0.1) is 16.7 Å². The van der Waals surface area contributed by atoms with E-state index in [2.05, 4.69) is 4.72 Å². The fourth-order valence-electron chi connectivity index (χ4n) is 1.87. The van der Waals surface area contributed by atoms with Crippen molar-refractivity contribution in [1.82, 2.24) is 4.72 Å². The number of sulfonamides is 1. The molecule has 20 heavy (non-hydrogen) atoms. The van der Waals surface area contributed by atoms with Crippen molar-refractivity contribution < 1.29 is 16.8 Å². The Balaban J connectivity index is 2.35. The lowest BCUT2D eigenvalue weighted by atomic mass is 10.2. The second kappa shape index (κ2) is 5.03. The predicted octanol–water partition coefficient (Wildman–Crippen LogP) is 0.820. The maximum Gasteiger partial charge on any atom is 0.241 e. The second-order valence-electron chi connectivity index (χ2n) is 4.50. The zero-order valence-electron chi connectivity index (χ0n) is 10.5. The molecule has 1 aromatic rings. The zero-order chi connectivity index (χ0) is 15.1. The van der Waals surface area contributed by atoms with Gasteiger partial charge in [0.2, 0.25) is 10.0 Å². The number of halogens is 1. The van der Waals surface area contributed by atoms with Crippen molar-refractivity contribution in [3.8, 4) is 0 Å². The second-order valence-corrected chi connectivity index (χ2v) is 8.55. The highest BCUT2D eigenvalue weighted by Crippen LogP contribution is 2.26. The topological polar surface area (TPSA) is 106 Å². The van der Waals surface area contributed by atoms with E-state index in [1.54, 1.807) is 6.92 Å². The Labute approximate surface area is 122 Å². The van der Waals surface area contributed by atoms with Gasteiger partial charge in [-0.05, 0) is 24.6 Å². The van der Waals surface area contributed by atoms with Gasteiger partial charge in [0.15, 0.2) is 9.84 Å². The fraction of sp³-hybridized carbons (Fsp3) is 0.273. The van der Waals surface area contributed by atoms with E-state index >= 15 is 0 Å². The highest BCUT2D eigenvalue weighted by molar-refractivity contribution is 7.94. The van der Waals surface area contributed by atoms with Crippen molar-refractivity contribution in [3.63, 3.8) is 0 Å². The van der Waals surface area contributed by atoms with Gasteiger partial charge in [-0.3, -0.25) is 0 Å². The molecule has 2 rings (SSSR count). The summed E-state index contributed by atoms with van der Waals surface area (Å²) in [6.07, 6.45) is 1.30. The maximum absolute atomic E-state index is 12.3. The Kier molecular flexibility index (Phi) is 3.85. The molecule has 0 aromatic heterocycles. The summed E-state index contributed by atoms with van der Waals surface area (Å²) in [5, 5.41) is 1.20. The Morgan fingerprint density at radius 3 is 2.60 bits per heavy atom. The molecule has 0 saturated carbocycles. The van der Waals surface area contributed by atoms with E-state index in [9.17, 15) is 16.8 Å². The molecule has 0 radical (unpaired) electrons. The van der Waals surface area contributed by atoms with Crippen LogP contribution in [-0.4, -0.2) is 28.6 Å². The van der Waals surface area contributed by atoms with Crippen molar-refractivity contribution in [3.05, 3.63) is 34.2 Å². The number of sulfone groups is 1. The molecule has 0 aliphatic carbocycles. The van der Waals surface area contributed by atoms with E-state index < -0.39 is 25.9 Å². The first-order chi connectivity index (χ1) is 9.11. The zero-order valence-corrected chi connectivity index (χ0v) is 12.9. The maximum atomic E-state index is 12.3. The Morgan fingerprint density at radius 2 is 2.05 bits per heavy atom. The van der Waals surface area contributed by atoms with Crippen LogP contribution in [0.5, 0.6) is 0 Å². The SMILES string of the molecule is Cc1c(N)cc(Cl)cc1S(=O)(=O)NC1C=CS(=O)(=O)C1. The Bertz CT molecular complexity index is 785. The lowest BCUT2D eigenvalue weighted by Crippen LogP contribution is -2.35. The summed E-state index contributed by atoms with van der Waals surface area (Å²) in [5.74, 6) is -0.290. The quantitative estimate of drug-likeness (QED) is 0.795. The predicted molar refractivity (Wildman–Crippen MR) is 77.6 cm³/mol. The van der Waals surface area contributed by atoms with Crippen molar-refractivity contribution >= 4 is 37.1 Å². The van der Waals surface area contributed by atoms with Crippen molar-refractivity contribution in [2.45, 2.75) is 17.9 Å². The Hall–Kier alpha value is -1.09. The molecule has 6 nitrogen and oxygen atoms in total. The number of nitrogen functional groups attached to an aromatic ring is 1. The first-order valence-corrected chi connectivity index (χ1v) is 9.17. The molecule has 1 unspecified atom stereocenters. The Morgan fingerprint density at radius 1 is 1.40 bits per heavy atom. The van der Waals surface area contributed by atoms with E-state index in [0.717, 1.165) is 5.41 Å². The van der Waals surface area contributed by atoms with Gasteiger partial charge in [-0.1, -0.05) is 17.7 Å². The van der Waals surface area contributed by atoms with Crippen LogP contribution in [0, 0.1) is 6.92 Å². The molecule has 0 amide bonds. The monoisotopic (exact) mass is 336 g/mol. The van der Waals surface area contributed by atoms with Crippen LogP contribution in [0.25, 0.3) is 0 Å². The summed E-state index contributed by atoms with van der Waals surface area (Å²) in [6.45, 7) is 1.56. The van der Waals surface area contributed by atoms with Crippen LogP contribution in [0.1, 0.15) is 5.56 Å². The summed E-state index contributed by atoms with van der Waals surface area (Å²) >= 11 is 5.81. The van der Waals surface area contributed by atoms with Crippen LogP contribution in [0.15, 0.2) is 28.5 Å². The average Bonchev–Trinajstić information content (AvgIpc) is 2.62. The molecule has 1 aliphatic rings. The number of nitrogens with two attached hydrogens (primary N) is 1. The molecular weight excluding hydrogens is 324 g/mol. The lowest BCUT2D eigenvalue weighted by molar-refractivity contribution is 0.574. The number of anilines is 1. The highest BCUT2D eigenvalue weighted by Gasteiger charge is 2.28. The molecule has 1 heterocycles. The molecule has 0 fully saturated rings. The van der Waals surface area contributed by atoms with Gasteiger partial charge in [0, 0.05) is 16.1 Å². The van der Waals surface area contributed by atoms with Gasteiger partial charge >= 0.3 is 0 Å². The van der Waals surface area contributed by atoms with Crippen LogP contribution in [0.3, 0.4) is 0 Å². The van der Waals surface area contributed by atoms with Crippen LogP contribution in [-0.2, 0) is 19.9 Å². The third-order valence-corrected chi connectivity index (χ3v) is 6.12. The van der Waals surface area contributed by atoms with E-state index in [4.69, 9.17) is 17.3 Å². The first-order valence-electron chi connectivity index (χ1n) is 5.60. The molecule has 110 valence electrons.